The van der Waals surface area contributed by atoms with Crippen molar-refractivity contribution in [3.05, 3.63) is 59.2 Å². The number of amides is 1. The molecule has 25 heavy (non-hydrogen) atoms. The van der Waals surface area contributed by atoms with Crippen molar-refractivity contribution in [1.82, 2.24) is 0 Å². The number of anilines is 1. The van der Waals surface area contributed by atoms with Crippen LogP contribution >= 0.6 is 0 Å². The van der Waals surface area contributed by atoms with Crippen LogP contribution in [0.15, 0.2) is 36.4 Å². The second kappa shape index (κ2) is 8.58. The molecule has 2 rings (SSSR count). The van der Waals surface area contributed by atoms with Crippen LogP contribution < -0.4 is 10.1 Å². The van der Waals surface area contributed by atoms with Crippen molar-refractivity contribution in [2.75, 3.05) is 19.0 Å². The minimum absolute atomic E-state index is 0.0835. The zero-order valence-corrected chi connectivity index (χ0v) is 14.4. The van der Waals surface area contributed by atoms with Crippen LogP contribution in [-0.4, -0.2) is 19.6 Å². The molecule has 0 fully saturated rings. The fourth-order valence-corrected chi connectivity index (χ4v) is 2.22. The van der Waals surface area contributed by atoms with E-state index in [-0.39, 0.29) is 5.69 Å². The van der Waals surface area contributed by atoms with E-state index in [2.05, 4.69) is 5.32 Å². The standard InChI is InChI=1S/C19H21F2NO3/c1-12(2)10-25-11-14-8-13(4-7-18(14)24-3)19(23)22-17-6-5-15(20)9-16(17)21/h4-9,12H,10-11H2,1-3H3,(H,22,23). The summed E-state index contributed by atoms with van der Waals surface area (Å²) in [6.07, 6.45) is 0. The van der Waals surface area contributed by atoms with Crippen molar-refractivity contribution in [3.8, 4) is 5.75 Å². The Hall–Kier alpha value is -2.47. The van der Waals surface area contributed by atoms with Crippen molar-refractivity contribution in [1.29, 1.82) is 0 Å². The van der Waals surface area contributed by atoms with Gasteiger partial charge < -0.3 is 14.8 Å². The summed E-state index contributed by atoms with van der Waals surface area (Å²) >= 11 is 0. The Morgan fingerprint density at radius 1 is 1.16 bits per heavy atom. The highest BCUT2D eigenvalue weighted by Crippen LogP contribution is 2.22. The number of rotatable bonds is 7. The molecule has 2 aromatic carbocycles. The number of methoxy groups -OCH3 is 1. The minimum atomic E-state index is -0.831. The SMILES string of the molecule is COc1ccc(C(=O)Nc2ccc(F)cc2F)cc1COCC(C)C. The van der Waals surface area contributed by atoms with Gasteiger partial charge in [0.1, 0.15) is 17.4 Å². The summed E-state index contributed by atoms with van der Waals surface area (Å²) in [6.45, 7) is 4.96. The first kappa shape index (κ1) is 18.9. The fraction of sp³-hybridized carbons (Fsp3) is 0.316. The summed E-state index contributed by atoms with van der Waals surface area (Å²) in [6, 6.07) is 7.84. The molecule has 0 radical (unpaired) electrons. The summed E-state index contributed by atoms with van der Waals surface area (Å²) in [7, 11) is 1.54. The molecule has 6 heteroatoms. The molecule has 2 aromatic rings. The molecule has 0 saturated heterocycles. The van der Waals surface area contributed by atoms with E-state index in [1.54, 1.807) is 18.2 Å². The van der Waals surface area contributed by atoms with Crippen LogP contribution in [0.4, 0.5) is 14.5 Å². The van der Waals surface area contributed by atoms with Gasteiger partial charge in [-0.15, -0.1) is 0 Å². The molecule has 0 aliphatic rings. The number of benzene rings is 2. The highest BCUT2D eigenvalue weighted by molar-refractivity contribution is 6.04. The summed E-state index contributed by atoms with van der Waals surface area (Å²) < 4.78 is 37.5. The lowest BCUT2D eigenvalue weighted by Gasteiger charge is -2.13. The largest absolute Gasteiger partial charge is 0.496 e. The van der Waals surface area contributed by atoms with Crippen LogP contribution in [0.2, 0.25) is 0 Å². The fourth-order valence-electron chi connectivity index (χ4n) is 2.22. The first-order valence-corrected chi connectivity index (χ1v) is 7.91. The maximum Gasteiger partial charge on any atom is 0.255 e. The molecular weight excluding hydrogens is 328 g/mol. The Labute approximate surface area is 145 Å². The smallest absolute Gasteiger partial charge is 0.255 e. The second-order valence-electron chi connectivity index (χ2n) is 6.01. The van der Waals surface area contributed by atoms with Gasteiger partial charge in [-0.1, -0.05) is 13.8 Å². The van der Waals surface area contributed by atoms with Crippen molar-refractivity contribution < 1.29 is 23.0 Å². The van der Waals surface area contributed by atoms with E-state index in [1.807, 2.05) is 13.8 Å². The first-order valence-electron chi connectivity index (χ1n) is 7.91. The van der Waals surface area contributed by atoms with Gasteiger partial charge >= 0.3 is 0 Å². The van der Waals surface area contributed by atoms with E-state index in [0.29, 0.717) is 30.4 Å². The monoisotopic (exact) mass is 349 g/mol. The maximum atomic E-state index is 13.7. The van der Waals surface area contributed by atoms with Crippen molar-refractivity contribution in [3.63, 3.8) is 0 Å². The number of hydrogen-bond acceptors (Lipinski definition) is 3. The van der Waals surface area contributed by atoms with Crippen LogP contribution in [0.25, 0.3) is 0 Å². The van der Waals surface area contributed by atoms with Gasteiger partial charge in [-0.05, 0) is 36.2 Å². The lowest BCUT2D eigenvalue weighted by Crippen LogP contribution is -2.14. The quantitative estimate of drug-likeness (QED) is 0.806. The number of halogens is 2. The highest BCUT2D eigenvalue weighted by atomic mass is 19.1. The molecule has 0 atom stereocenters. The molecule has 0 spiro atoms. The van der Waals surface area contributed by atoms with E-state index in [1.165, 1.54) is 13.2 Å². The first-order chi connectivity index (χ1) is 11.9. The van der Waals surface area contributed by atoms with Crippen molar-refractivity contribution >= 4 is 11.6 Å². The topological polar surface area (TPSA) is 47.6 Å². The van der Waals surface area contributed by atoms with E-state index in [9.17, 15) is 13.6 Å². The maximum absolute atomic E-state index is 13.7. The van der Waals surface area contributed by atoms with Crippen LogP contribution in [-0.2, 0) is 11.3 Å². The van der Waals surface area contributed by atoms with E-state index >= 15 is 0 Å². The molecule has 0 bridgehead atoms. The number of ether oxygens (including phenoxy) is 2. The molecule has 0 aliphatic carbocycles. The Morgan fingerprint density at radius 3 is 2.56 bits per heavy atom. The molecule has 4 nitrogen and oxygen atoms in total. The molecule has 1 amide bonds. The zero-order valence-electron chi connectivity index (χ0n) is 14.4. The van der Waals surface area contributed by atoms with Gasteiger partial charge in [0.2, 0.25) is 0 Å². The van der Waals surface area contributed by atoms with Crippen molar-refractivity contribution in [2.45, 2.75) is 20.5 Å². The predicted molar refractivity (Wildman–Crippen MR) is 91.8 cm³/mol. The van der Waals surface area contributed by atoms with Crippen LogP contribution in [0.3, 0.4) is 0 Å². The van der Waals surface area contributed by atoms with E-state index < -0.39 is 17.5 Å². The van der Waals surface area contributed by atoms with E-state index in [4.69, 9.17) is 9.47 Å². The van der Waals surface area contributed by atoms with Gasteiger partial charge in [-0.2, -0.15) is 0 Å². The third-order valence-corrected chi connectivity index (χ3v) is 3.43. The molecule has 0 unspecified atom stereocenters. The van der Waals surface area contributed by atoms with E-state index in [0.717, 1.165) is 17.7 Å². The highest BCUT2D eigenvalue weighted by Gasteiger charge is 2.13. The third kappa shape index (κ3) is 5.26. The van der Waals surface area contributed by atoms with Gasteiger partial charge in [0.25, 0.3) is 5.91 Å². The molecule has 0 heterocycles. The van der Waals surface area contributed by atoms with Crippen LogP contribution in [0, 0.1) is 17.6 Å². The Bertz CT molecular complexity index is 747. The summed E-state index contributed by atoms with van der Waals surface area (Å²) in [5, 5.41) is 2.43. The Kier molecular flexibility index (Phi) is 6.47. The van der Waals surface area contributed by atoms with Gasteiger partial charge in [0, 0.05) is 23.8 Å². The van der Waals surface area contributed by atoms with Crippen LogP contribution in [0.1, 0.15) is 29.8 Å². The normalized spacial score (nSPS) is 10.8. The average molecular weight is 349 g/mol. The summed E-state index contributed by atoms with van der Waals surface area (Å²) in [4.78, 5) is 12.3. The molecule has 0 aromatic heterocycles. The van der Waals surface area contributed by atoms with Gasteiger partial charge in [-0.3, -0.25) is 4.79 Å². The summed E-state index contributed by atoms with van der Waals surface area (Å²) in [5.41, 5.74) is 0.961. The minimum Gasteiger partial charge on any atom is -0.496 e. The number of hydrogen-bond donors (Lipinski definition) is 1. The Morgan fingerprint density at radius 2 is 1.92 bits per heavy atom. The van der Waals surface area contributed by atoms with Gasteiger partial charge in [-0.25, -0.2) is 8.78 Å². The third-order valence-electron chi connectivity index (χ3n) is 3.43. The Balaban J connectivity index is 2.15. The zero-order chi connectivity index (χ0) is 18.4. The van der Waals surface area contributed by atoms with Gasteiger partial charge in [0.05, 0.1) is 19.4 Å². The lowest BCUT2D eigenvalue weighted by molar-refractivity contribution is 0.0952. The molecule has 1 N–H and O–H groups in total. The number of nitrogens with one attached hydrogen (secondary N) is 1. The average Bonchev–Trinajstić information content (AvgIpc) is 2.57. The number of carbonyl (C=O) groups excluding carboxylic acids is 1. The van der Waals surface area contributed by atoms with Crippen molar-refractivity contribution in [2.24, 2.45) is 5.92 Å². The number of carbonyl (C=O) groups is 1. The predicted octanol–water partition coefficient (Wildman–Crippen LogP) is 4.40. The molecule has 134 valence electrons. The van der Waals surface area contributed by atoms with Crippen LogP contribution in [0.5, 0.6) is 5.75 Å². The summed E-state index contributed by atoms with van der Waals surface area (Å²) in [5.74, 6) is -1.04. The molecule has 0 saturated carbocycles. The second-order valence-corrected chi connectivity index (χ2v) is 6.01. The molecule has 0 aliphatic heterocycles. The lowest BCUT2D eigenvalue weighted by atomic mass is 10.1. The molecular formula is C19H21F2NO3. The van der Waals surface area contributed by atoms with Gasteiger partial charge in [0.15, 0.2) is 0 Å².